The van der Waals surface area contributed by atoms with Crippen LogP contribution in [0.3, 0.4) is 0 Å². The van der Waals surface area contributed by atoms with Crippen LogP contribution in [0, 0.1) is 0 Å². The van der Waals surface area contributed by atoms with E-state index in [4.69, 9.17) is 4.74 Å². The normalized spacial score (nSPS) is 10.9. The van der Waals surface area contributed by atoms with Crippen LogP contribution in [0.15, 0.2) is 51.8 Å². The quantitative estimate of drug-likeness (QED) is 0.781. The van der Waals surface area contributed by atoms with Gasteiger partial charge in [0, 0.05) is 4.47 Å². The highest BCUT2D eigenvalue weighted by molar-refractivity contribution is 9.10. The maximum atomic E-state index is 12.5. The number of hydrogen-bond donors (Lipinski definition) is 1. The molecule has 2 aromatic rings. The summed E-state index contributed by atoms with van der Waals surface area (Å²) in [5.41, 5.74) is 0.351. The van der Waals surface area contributed by atoms with Crippen LogP contribution < -0.4 is 9.46 Å². The predicted molar refractivity (Wildman–Crippen MR) is 89.3 cm³/mol. The Morgan fingerprint density at radius 1 is 1.13 bits per heavy atom. The largest absolute Gasteiger partial charge is 0.495 e. The van der Waals surface area contributed by atoms with Crippen LogP contribution in [0.4, 0.5) is 5.69 Å². The Bertz CT molecular complexity index is 836. The van der Waals surface area contributed by atoms with Gasteiger partial charge in [-0.1, -0.05) is 12.1 Å². The highest BCUT2D eigenvalue weighted by Crippen LogP contribution is 2.30. The van der Waals surface area contributed by atoms with Crippen molar-refractivity contribution < 1.29 is 22.7 Å². The zero-order chi connectivity index (χ0) is 17.0. The third-order valence-corrected chi connectivity index (χ3v) is 5.37. The summed E-state index contributed by atoms with van der Waals surface area (Å²) < 4.78 is 37.7. The van der Waals surface area contributed by atoms with Gasteiger partial charge < -0.3 is 9.47 Å². The van der Waals surface area contributed by atoms with Gasteiger partial charge in [-0.05, 0) is 46.3 Å². The molecule has 0 bridgehead atoms. The van der Waals surface area contributed by atoms with E-state index < -0.39 is 16.0 Å². The van der Waals surface area contributed by atoms with E-state index in [1.165, 1.54) is 38.5 Å². The number of hydrogen-bond acceptors (Lipinski definition) is 5. The van der Waals surface area contributed by atoms with Gasteiger partial charge >= 0.3 is 5.97 Å². The molecule has 0 unspecified atom stereocenters. The van der Waals surface area contributed by atoms with E-state index in [1.807, 2.05) is 0 Å². The maximum absolute atomic E-state index is 12.5. The van der Waals surface area contributed by atoms with E-state index in [0.29, 0.717) is 4.47 Å². The van der Waals surface area contributed by atoms with Crippen LogP contribution in [0.2, 0.25) is 0 Å². The molecule has 8 heteroatoms. The van der Waals surface area contributed by atoms with Crippen molar-refractivity contribution in [1.82, 2.24) is 0 Å². The van der Waals surface area contributed by atoms with Crippen LogP contribution in [-0.4, -0.2) is 28.6 Å². The molecule has 0 spiro atoms. The lowest BCUT2D eigenvalue weighted by molar-refractivity contribution is 0.0600. The minimum Gasteiger partial charge on any atom is -0.495 e. The number of rotatable bonds is 5. The fourth-order valence-corrected chi connectivity index (χ4v) is 3.96. The van der Waals surface area contributed by atoms with Crippen molar-refractivity contribution in [2.24, 2.45) is 0 Å². The smallest absolute Gasteiger partial charge is 0.337 e. The third-order valence-electron chi connectivity index (χ3n) is 2.99. The lowest BCUT2D eigenvalue weighted by Gasteiger charge is -2.13. The van der Waals surface area contributed by atoms with Crippen LogP contribution in [0.1, 0.15) is 10.4 Å². The standard InChI is InChI=1S/C15H14BrNO5S/c1-21-13-8-7-10(15(18)22-2)9-12(13)17-23(19,20)14-6-4-3-5-11(14)16/h3-9,17H,1-2H3. The van der Waals surface area contributed by atoms with E-state index in [9.17, 15) is 13.2 Å². The Morgan fingerprint density at radius 3 is 2.43 bits per heavy atom. The summed E-state index contributed by atoms with van der Waals surface area (Å²) >= 11 is 3.21. The van der Waals surface area contributed by atoms with Crippen molar-refractivity contribution in [2.75, 3.05) is 18.9 Å². The molecule has 0 radical (unpaired) electrons. The number of carbonyl (C=O) groups is 1. The molecule has 2 aromatic carbocycles. The van der Waals surface area contributed by atoms with Gasteiger partial charge in [-0.15, -0.1) is 0 Å². The maximum Gasteiger partial charge on any atom is 0.337 e. The van der Waals surface area contributed by atoms with E-state index in [0.717, 1.165) is 0 Å². The first-order valence-electron chi connectivity index (χ1n) is 6.42. The number of methoxy groups -OCH3 is 2. The van der Waals surface area contributed by atoms with E-state index in [-0.39, 0.29) is 21.9 Å². The molecule has 0 saturated carbocycles. The molecule has 23 heavy (non-hydrogen) atoms. The molecule has 0 heterocycles. The zero-order valence-corrected chi connectivity index (χ0v) is 14.8. The molecule has 0 amide bonds. The summed E-state index contributed by atoms with van der Waals surface area (Å²) in [5.74, 6) is -0.290. The summed E-state index contributed by atoms with van der Waals surface area (Å²) in [7, 11) is -1.20. The highest BCUT2D eigenvalue weighted by Gasteiger charge is 2.20. The number of anilines is 1. The SMILES string of the molecule is COC(=O)c1ccc(OC)c(NS(=O)(=O)c2ccccc2Br)c1. The monoisotopic (exact) mass is 399 g/mol. The molecule has 0 fully saturated rings. The molecule has 122 valence electrons. The number of ether oxygens (including phenoxy) is 2. The number of carbonyl (C=O) groups excluding carboxylic acids is 1. The molecule has 0 aliphatic rings. The third kappa shape index (κ3) is 3.83. The first-order valence-corrected chi connectivity index (χ1v) is 8.70. The van der Waals surface area contributed by atoms with Crippen LogP contribution in [-0.2, 0) is 14.8 Å². The van der Waals surface area contributed by atoms with Gasteiger partial charge in [0.1, 0.15) is 10.6 Å². The van der Waals surface area contributed by atoms with Gasteiger partial charge in [0.15, 0.2) is 0 Å². The summed E-state index contributed by atoms with van der Waals surface area (Å²) in [6, 6.07) is 10.7. The van der Waals surface area contributed by atoms with Crippen molar-refractivity contribution >= 4 is 37.6 Å². The molecule has 0 aliphatic carbocycles. The minimum absolute atomic E-state index is 0.0746. The zero-order valence-electron chi connectivity index (χ0n) is 12.4. The predicted octanol–water partition coefficient (Wildman–Crippen LogP) is 3.05. The molecule has 0 aliphatic heterocycles. The first kappa shape index (κ1) is 17.3. The Morgan fingerprint density at radius 2 is 1.83 bits per heavy atom. The second-order valence-electron chi connectivity index (χ2n) is 4.44. The second kappa shape index (κ2) is 7.01. The minimum atomic E-state index is -3.85. The van der Waals surface area contributed by atoms with Gasteiger partial charge in [-0.25, -0.2) is 13.2 Å². The van der Waals surface area contributed by atoms with Crippen LogP contribution in [0.25, 0.3) is 0 Å². The number of halogens is 1. The molecular formula is C15H14BrNO5S. The lowest BCUT2D eigenvalue weighted by Crippen LogP contribution is -2.15. The van der Waals surface area contributed by atoms with E-state index >= 15 is 0 Å². The fraction of sp³-hybridized carbons (Fsp3) is 0.133. The molecular weight excluding hydrogens is 386 g/mol. The molecule has 6 nitrogen and oxygen atoms in total. The molecule has 1 N–H and O–H groups in total. The molecule has 2 rings (SSSR count). The average Bonchev–Trinajstić information content (AvgIpc) is 2.54. The average molecular weight is 400 g/mol. The number of benzene rings is 2. The second-order valence-corrected chi connectivity index (χ2v) is 6.95. The van der Waals surface area contributed by atoms with Crippen molar-refractivity contribution in [1.29, 1.82) is 0 Å². The topological polar surface area (TPSA) is 81.7 Å². The Labute approximate surface area is 142 Å². The van der Waals surface area contributed by atoms with Crippen molar-refractivity contribution in [2.45, 2.75) is 4.90 Å². The van der Waals surface area contributed by atoms with Crippen molar-refractivity contribution in [3.8, 4) is 5.75 Å². The van der Waals surface area contributed by atoms with Crippen molar-refractivity contribution in [3.63, 3.8) is 0 Å². The van der Waals surface area contributed by atoms with Gasteiger partial charge in [-0.3, -0.25) is 4.72 Å². The van der Waals surface area contributed by atoms with Gasteiger partial charge in [-0.2, -0.15) is 0 Å². The number of sulfonamides is 1. The van der Waals surface area contributed by atoms with Crippen LogP contribution in [0.5, 0.6) is 5.75 Å². The van der Waals surface area contributed by atoms with E-state index in [2.05, 4.69) is 25.4 Å². The number of nitrogens with one attached hydrogen (secondary N) is 1. The van der Waals surface area contributed by atoms with Crippen LogP contribution >= 0.6 is 15.9 Å². The fourth-order valence-electron chi connectivity index (χ4n) is 1.89. The Hall–Kier alpha value is -2.06. The van der Waals surface area contributed by atoms with Crippen molar-refractivity contribution in [3.05, 3.63) is 52.5 Å². The van der Waals surface area contributed by atoms with Gasteiger partial charge in [0.2, 0.25) is 0 Å². The molecule has 0 atom stereocenters. The van der Waals surface area contributed by atoms with Gasteiger partial charge in [0.25, 0.3) is 10.0 Å². The van der Waals surface area contributed by atoms with E-state index in [1.54, 1.807) is 18.2 Å². The summed E-state index contributed by atoms with van der Waals surface area (Å²) in [5, 5.41) is 0. The lowest BCUT2D eigenvalue weighted by atomic mass is 10.2. The molecule has 0 saturated heterocycles. The highest BCUT2D eigenvalue weighted by atomic mass is 79.9. The summed E-state index contributed by atoms with van der Waals surface area (Å²) in [6.07, 6.45) is 0. The van der Waals surface area contributed by atoms with Gasteiger partial charge in [0.05, 0.1) is 25.5 Å². The number of esters is 1. The first-order chi connectivity index (χ1) is 10.9. The Kier molecular flexibility index (Phi) is 5.27. The molecule has 0 aromatic heterocycles. The summed E-state index contributed by atoms with van der Waals surface area (Å²) in [4.78, 5) is 11.7. The summed E-state index contributed by atoms with van der Waals surface area (Å²) in [6.45, 7) is 0. The Balaban J connectivity index is 2.46.